The maximum absolute atomic E-state index is 13.9. The van der Waals surface area contributed by atoms with Gasteiger partial charge in [-0.1, -0.05) is 30.4 Å². The van der Waals surface area contributed by atoms with E-state index in [9.17, 15) is 4.39 Å². The van der Waals surface area contributed by atoms with Crippen LogP contribution in [0.1, 0.15) is 18.4 Å². The zero-order valence-electron chi connectivity index (χ0n) is 14.2. The number of nitrogens with two attached hydrogens (primary N) is 1. The third-order valence-corrected chi connectivity index (χ3v) is 4.32. The molecule has 0 amide bonds. The van der Waals surface area contributed by atoms with Gasteiger partial charge in [0.25, 0.3) is 0 Å². The van der Waals surface area contributed by atoms with E-state index < -0.39 is 0 Å². The van der Waals surface area contributed by atoms with Crippen LogP contribution in [0.4, 0.5) is 4.39 Å². The van der Waals surface area contributed by atoms with Gasteiger partial charge in [0.2, 0.25) is 0 Å². The zero-order valence-corrected chi connectivity index (χ0v) is 14.2. The van der Waals surface area contributed by atoms with Gasteiger partial charge >= 0.3 is 0 Å². The SMILES string of the molecule is NC(=CC(=NCc1ccccc1F)N1CCCC1)C1=CC=CC=NC1. The number of halogens is 1. The summed E-state index contributed by atoms with van der Waals surface area (Å²) in [6, 6.07) is 6.74. The molecule has 2 aliphatic heterocycles. The largest absolute Gasteiger partial charge is 0.398 e. The van der Waals surface area contributed by atoms with Crippen molar-refractivity contribution < 1.29 is 4.39 Å². The van der Waals surface area contributed by atoms with Crippen LogP contribution in [0.3, 0.4) is 0 Å². The molecule has 25 heavy (non-hydrogen) atoms. The van der Waals surface area contributed by atoms with Crippen molar-refractivity contribution in [3.05, 3.63) is 71.2 Å². The van der Waals surface area contributed by atoms with Crippen molar-refractivity contribution in [2.45, 2.75) is 19.4 Å². The third-order valence-electron chi connectivity index (χ3n) is 4.32. The zero-order chi connectivity index (χ0) is 17.5. The lowest BCUT2D eigenvalue weighted by Gasteiger charge is -2.19. The van der Waals surface area contributed by atoms with Gasteiger partial charge in [0.05, 0.1) is 13.1 Å². The Kier molecular flexibility index (Phi) is 5.77. The topological polar surface area (TPSA) is 54.0 Å². The molecule has 0 atom stereocenters. The molecule has 1 aromatic carbocycles. The number of aliphatic imine (C=N–C) groups is 2. The standard InChI is InChI=1S/C20H23FN4/c21-18-9-2-1-7-16(18)15-24-20(25-11-5-6-12-25)13-19(22)17-8-3-4-10-23-14-17/h1-4,7-10,13H,5-6,11-12,14-15,22H2. The highest BCUT2D eigenvalue weighted by Gasteiger charge is 2.16. The lowest BCUT2D eigenvalue weighted by atomic mass is 10.1. The average Bonchev–Trinajstić information content (AvgIpc) is 3.01. The minimum atomic E-state index is -0.227. The van der Waals surface area contributed by atoms with Crippen molar-refractivity contribution in [3.63, 3.8) is 0 Å². The minimum absolute atomic E-state index is 0.227. The van der Waals surface area contributed by atoms with Gasteiger partial charge in [0.15, 0.2) is 0 Å². The summed E-state index contributed by atoms with van der Waals surface area (Å²) in [5.41, 5.74) is 8.50. The van der Waals surface area contributed by atoms with E-state index in [1.54, 1.807) is 18.3 Å². The Labute approximate surface area is 148 Å². The molecule has 1 fully saturated rings. The van der Waals surface area contributed by atoms with E-state index in [1.165, 1.54) is 6.07 Å². The van der Waals surface area contributed by atoms with Crippen LogP contribution in [-0.4, -0.2) is 36.6 Å². The highest BCUT2D eigenvalue weighted by Crippen LogP contribution is 2.15. The summed E-state index contributed by atoms with van der Waals surface area (Å²) in [6.07, 6.45) is 11.7. The predicted octanol–water partition coefficient (Wildman–Crippen LogP) is 3.23. The number of benzene rings is 1. The Morgan fingerprint density at radius 3 is 2.84 bits per heavy atom. The molecule has 2 aliphatic rings. The second kappa shape index (κ2) is 8.42. The minimum Gasteiger partial charge on any atom is -0.398 e. The highest BCUT2D eigenvalue weighted by atomic mass is 19.1. The molecule has 4 nitrogen and oxygen atoms in total. The van der Waals surface area contributed by atoms with E-state index in [4.69, 9.17) is 5.73 Å². The maximum Gasteiger partial charge on any atom is 0.128 e. The van der Waals surface area contributed by atoms with Crippen LogP contribution < -0.4 is 5.73 Å². The fraction of sp³-hybridized carbons (Fsp3) is 0.300. The summed E-state index contributed by atoms with van der Waals surface area (Å²) in [7, 11) is 0. The smallest absolute Gasteiger partial charge is 0.128 e. The van der Waals surface area contributed by atoms with E-state index in [0.717, 1.165) is 37.3 Å². The van der Waals surface area contributed by atoms with Crippen molar-refractivity contribution in [2.24, 2.45) is 15.7 Å². The van der Waals surface area contributed by atoms with Crippen LogP contribution in [0, 0.1) is 5.82 Å². The van der Waals surface area contributed by atoms with Crippen molar-refractivity contribution >= 4 is 12.1 Å². The Hall–Kier alpha value is -2.69. The first kappa shape index (κ1) is 17.1. The fourth-order valence-electron chi connectivity index (χ4n) is 2.88. The molecule has 3 rings (SSSR count). The van der Waals surface area contributed by atoms with E-state index in [1.807, 2.05) is 30.4 Å². The lowest BCUT2D eigenvalue weighted by Crippen LogP contribution is -2.27. The molecule has 2 N–H and O–H groups in total. The highest BCUT2D eigenvalue weighted by molar-refractivity contribution is 5.94. The van der Waals surface area contributed by atoms with Crippen molar-refractivity contribution in [2.75, 3.05) is 19.6 Å². The summed E-state index contributed by atoms with van der Waals surface area (Å²) in [5, 5.41) is 0. The summed E-state index contributed by atoms with van der Waals surface area (Å²) in [6.45, 7) is 2.77. The van der Waals surface area contributed by atoms with Gasteiger partial charge in [-0.15, -0.1) is 0 Å². The predicted molar refractivity (Wildman–Crippen MR) is 101 cm³/mol. The lowest BCUT2D eigenvalue weighted by molar-refractivity contribution is 0.518. The average molecular weight is 338 g/mol. The molecule has 0 spiro atoms. The first-order chi connectivity index (χ1) is 12.2. The summed E-state index contributed by atoms with van der Waals surface area (Å²) in [4.78, 5) is 11.1. The molecule has 0 bridgehead atoms. The number of amidine groups is 1. The van der Waals surface area contributed by atoms with Crippen molar-refractivity contribution in [3.8, 4) is 0 Å². The molecule has 5 heteroatoms. The van der Waals surface area contributed by atoms with Crippen molar-refractivity contribution in [1.82, 2.24) is 4.90 Å². The normalized spacial score (nSPS) is 18.4. The van der Waals surface area contributed by atoms with E-state index >= 15 is 0 Å². The number of likely N-dealkylation sites (tertiary alicyclic amines) is 1. The monoisotopic (exact) mass is 338 g/mol. The van der Waals surface area contributed by atoms with Gasteiger partial charge < -0.3 is 10.6 Å². The summed E-state index contributed by atoms with van der Waals surface area (Å²) < 4.78 is 13.9. The Bertz CT molecular complexity index is 753. The molecule has 130 valence electrons. The number of allylic oxidation sites excluding steroid dienone is 3. The molecule has 1 aromatic rings. The maximum atomic E-state index is 13.9. The Balaban J connectivity index is 1.84. The number of hydrogen-bond acceptors (Lipinski definition) is 3. The van der Waals surface area contributed by atoms with E-state index in [-0.39, 0.29) is 5.82 Å². The van der Waals surface area contributed by atoms with Crippen LogP contribution in [0.2, 0.25) is 0 Å². The van der Waals surface area contributed by atoms with Crippen LogP contribution in [0.25, 0.3) is 0 Å². The van der Waals surface area contributed by atoms with Crippen molar-refractivity contribution in [1.29, 1.82) is 0 Å². The van der Waals surface area contributed by atoms with Gasteiger partial charge in [-0.25, -0.2) is 4.39 Å². The molecule has 0 unspecified atom stereocenters. The Morgan fingerprint density at radius 1 is 1.24 bits per heavy atom. The molecular formula is C20H23FN4. The quantitative estimate of drug-likeness (QED) is 0.677. The number of nitrogens with zero attached hydrogens (tertiary/aromatic N) is 3. The second-order valence-corrected chi connectivity index (χ2v) is 6.13. The van der Waals surface area contributed by atoms with Gasteiger partial charge in [0.1, 0.15) is 11.7 Å². The van der Waals surface area contributed by atoms with Crippen LogP contribution >= 0.6 is 0 Å². The first-order valence-electron chi connectivity index (χ1n) is 8.60. The van der Waals surface area contributed by atoms with Crippen LogP contribution in [0.5, 0.6) is 0 Å². The van der Waals surface area contributed by atoms with Crippen LogP contribution in [0.15, 0.2) is 69.8 Å². The summed E-state index contributed by atoms with van der Waals surface area (Å²) >= 11 is 0. The Morgan fingerprint density at radius 2 is 2.04 bits per heavy atom. The summed E-state index contributed by atoms with van der Waals surface area (Å²) in [5.74, 6) is 0.589. The number of rotatable bonds is 4. The van der Waals surface area contributed by atoms with Gasteiger partial charge in [-0.05, 0) is 30.6 Å². The van der Waals surface area contributed by atoms with Gasteiger partial charge in [0, 0.05) is 36.6 Å². The number of hydrogen-bond donors (Lipinski definition) is 1. The third kappa shape index (κ3) is 4.66. The molecule has 0 aliphatic carbocycles. The molecule has 2 heterocycles. The molecule has 1 saturated heterocycles. The molecular weight excluding hydrogens is 315 g/mol. The van der Waals surface area contributed by atoms with Gasteiger partial charge in [-0.3, -0.25) is 9.98 Å². The first-order valence-corrected chi connectivity index (χ1v) is 8.60. The second-order valence-electron chi connectivity index (χ2n) is 6.13. The molecule has 0 aromatic heterocycles. The molecule has 0 radical (unpaired) electrons. The van der Waals surface area contributed by atoms with E-state index in [2.05, 4.69) is 14.9 Å². The van der Waals surface area contributed by atoms with Gasteiger partial charge in [-0.2, -0.15) is 0 Å². The molecule has 0 saturated carbocycles. The van der Waals surface area contributed by atoms with E-state index in [0.29, 0.717) is 24.4 Å². The fourth-order valence-corrected chi connectivity index (χ4v) is 2.88. The van der Waals surface area contributed by atoms with Crippen LogP contribution in [-0.2, 0) is 6.54 Å².